The Morgan fingerprint density at radius 1 is 0.902 bits per heavy atom. The van der Waals surface area contributed by atoms with Crippen LogP contribution < -0.4 is 4.74 Å². The van der Waals surface area contributed by atoms with Gasteiger partial charge in [0.25, 0.3) is 0 Å². The highest BCUT2D eigenvalue weighted by molar-refractivity contribution is 6.15. The van der Waals surface area contributed by atoms with Gasteiger partial charge >= 0.3 is 5.97 Å². The van der Waals surface area contributed by atoms with Gasteiger partial charge in [0, 0.05) is 5.56 Å². The third-order valence-electron chi connectivity index (χ3n) is 7.25. The molecule has 1 heterocycles. The minimum Gasteiger partial charge on any atom is -0.507 e. The number of Topliss-reactive ketones (excluding diaryl/α,β-unsaturated/α-hetero) is 2. The first-order valence-electron chi connectivity index (χ1n) is 13.7. The molecule has 1 N–H and O–H groups in total. The second-order valence-electron chi connectivity index (χ2n) is 11.3. The van der Waals surface area contributed by atoms with Crippen LogP contribution in [0.1, 0.15) is 77.5 Å². The fourth-order valence-corrected chi connectivity index (χ4v) is 5.63. The van der Waals surface area contributed by atoms with Crippen molar-refractivity contribution in [1.82, 2.24) is 0 Å². The Kier molecular flexibility index (Phi) is 9.28. The molecule has 41 heavy (non-hydrogen) atoms. The van der Waals surface area contributed by atoms with E-state index >= 15 is 0 Å². The molecule has 0 aliphatic heterocycles. The molecular formula is C34H36O7. The number of phenolic OH excluding ortho intramolecular Hbond substituents is 1. The van der Waals surface area contributed by atoms with Gasteiger partial charge in [-0.3, -0.25) is 9.59 Å². The predicted molar refractivity (Wildman–Crippen MR) is 157 cm³/mol. The molecule has 214 valence electrons. The zero-order valence-electron chi connectivity index (χ0n) is 23.9. The number of carbonyl (C=O) groups is 3. The van der Waals surface area contributed by atoms with Crippen molar-refractivity contribution in [3.63, 3.8) is 0 Å². The maximum absolute atomic E-state index is 12.4. The summed E-state index contributed by atoms with van der Waals surface area (Å²) in [4.78, 5) is 36.7. The maximum atomic E-state index is 12.4. The van der Waals surface area contributed by atoms with Crippen LogP contribution in [0.3, 0.4) is 0 Å². The van der Waals surface area contributed by atoms with E-state index in [1.54, 1.807) is 60.7 Å². The molecule has 5 rings (SSSR count). The van der Waals surface area contributed by atoms with Crippen molar-refractivity contribution in [2.45, 2.75) is 52.6 Å². The molecular weight excluding hydrogens is 520 g/mol. The summed E-state index contributed by atoms with van der Waals surface area (Å²) < 4.78 is 16.2. The van der Waals surface area contributed by atoms with Crippen LogP contribution >= 0.6 is 0 Å². The average molecular weight is 557 g/mol. The lowest BCUT2D eigenvalue weighted by atomic mass is 9.71. The van der Waals surface area contributed by atoms with Crippen molar-refractivity contribution in [3.8, 4) is 11.5 Å². The SMILES string of the molecule is CC1CC(OC(=O)c2ccccc2O)CC(C)(C)C1.COc1c(C(=O)CC(=O)c2ccccc2)ccc2occc12. The second kappa shape index (κ2) is 12.9. The van der Waals surface area contributed by atoms with Gasteiger partial charge in [0.1, 0.15) is 28.7 Å². The molecule has 7 heteroatoms. The van der Waals surface area contributed by atoms with Crippen LogP contribution in [0, 0.1) is 11.3 Å². The number of benzene rings is 3. The smallest absolute Gasteiger partial charge is 0.342 e. The molecule has 1 fully saturated rings. The Bertz CT molecular complexity index is 1520. The van der Waals surface area contributed by atoms with Gasteiger partial charge in [-0.2, -0.15) is 0 Å². The standard InChI is InChI=1S/C18H14O4.C16H22O3/c1-21-18-13(7-8-17-14(18)9-10-22-17)16(20)11-15(19)12-5-3-2-4-6-12;1-11-8-12(10-16(2,3)9-11)19-15(18)13-6-4-5-7-14(13)17/h2-10H,11H2,1H3;4-7,11-12,17H,8-10H2,1-3H3. The number of para-hydroxylation sites is 1. The lowest BCUT2D eigenvalue weighted by Gasteiger charge is -2.38. The van der Waals surface area contributed by atoms with Crippen molar-refractivity contribution in [2.24, 2.45) is 11.3 Å². The second-order valence-corrected chi connectivity index (χ2v) is 11.3. The summed E-state index contributed by atoms with van der Waals surface area (Å²) in [6, 6.07) is 20.4. The molecule has 4 aromatic rings. The first kappa shape index (κ1) is 29.6. The van der Waals surface area contributed by atoms with E-state index in [1.165, 1.54) is 19.4 Å². The Balaban J connectivity index is 0.000000191. The zero-order valence-corrected chi connectivity index (χ0v) is 23.9. The molecule has 2 atom stereocenters. The molecule has 1 aromatic heterocycles. The molecule has 0 bridgehead atoms. The number of carbonyl (C=O) groups excluding carboxylic acids is 3. The number of hydrogen-bond donors (Lipinski definition) is 1. The quantitative estimate of drug-likeness (QED) is 0.142. The number of hydrogen-bond acceptors (Lipinski definition) is 7. The summed E-state index contributed by atoms with van der Waals surface area (Å²) in [6.07, 6.45) is 4.25. The topological polar surface area (TPSA) is 103 Å². The van der Waals surface area contributed by atoms with Crippen molar-refractivity contribution in [1.29, 1.82) is 0 Å². The summed E-state index contributed by atoms with van der Waals surface area (Å²) in [5, 5.41) is 10.4. The Morgan fingerprint density at radius 3 is 2.29 bits per heavy atom. The van der Waals surface area contributed by atoms with E-state index in [0.717, 1.165) is 24.6 Å². The zero-order chi connectivity index (χ0) is 29.6. The van der Waals surface area contributed by atoms with Crippen LogP contribution in [0.2, 0.25) is 0 Å². The third-order valence-corrected chi connectivity index (χ3v) is 7.25. The normalized spacial score (nSPS) is 17.7. The highest BCUT2D eigenvalue weighted by Gasteiger charge is 2.34. The van der Waals surface area contributed by atoms with Crippen LogP contribution in [0.15, 0.2) is 83.5 Å². The molecule has 0 amide bonds. The minimum atomic E-state index is -0.423. The summed E-state index contributed by atoms with van der Waals surface area (Å²) >= 11 is 0. The lowest BCUT2D eigenvalue weighted by molar-refractivity contribution is -0.00736. The van der Waals surface area contributed by atoms with Gasteiger partial charge in [-0.05, 0) is 60.9 Å². The van der Waals surface area contributed by atoms with E-state index in [-0.39, 0.29) is 40.8 Å². The Hall–Kier alpha value is -4.39. The van der Waals surface area contributed by atoms with Crippen LogP contribution in [-0.2, 0) is 4.74 Å². The fourth-order valence-electron chi connectivity index (χ4n) is 5.63. The van der Waals surface area contributed by atoms with Gasteiger partial charge in [0.15, 0.2) is 11.6 Å². The van der Waals surface area contributed by atoms with E-state index < -0.39 is 5.97 Å². The summed E-state index contributed by atoms with van der Waals surface area (Å²) in [5.41, 5.74) is 2.02. The van der Waals surface area contributed by atoms with Crippen molar-refractivity contribution in [3.05, 3.63) is 95.7 Å². The van der Waals surface area contributed by atoms with Gasteiger partial charge in [-0.1, -0.05) is 63.2 Å². The van der Waals surface area contributed by atoms with E-state index in [9.17, 15) is 19.5 Å². The largest absolute Gasteiger partial charge is 0.507 e. The van der Waals surface area contributed by atoms with Gasteiger partial charge in [0.05, 0.1) is 30.7 Å². The number of methoxy groups -OCH3 is 1. The first-order valence-corrected chi connectivity index (χ1v) is 13.7. The highest BCUT2D eigenvalue weighted by atomic mass is 16.5. The monoisotopic (exact) mass is 556 g/mol. The fraction of sp³-hybridized carbons (Fsp3) is 0.324. The predicted octanol–water partition coefficient (Wildman–Crippen LogP) is 7.66. The van der Waals surface area contributed by atoms with E-state index in [0.29, 0.717) is 28.4 Å². The number of fused-ring (bicyclic) bond motifs is 1. The number of furan rings is 1. The first-order chi connectivity index (χ1) is 19.6. The maximum Gasteiger partial charge on any atom is 0.342 e. The molecule has 0 saturated heterocycles. The van der Waals surface area contributed by atoms with Crippen LogP contribution in [0.5, 0.6) is 11.5 Å². The molecule has 0 spiro atoms. The van der Waals surface area contributed by atoms with Gasteiger partial charge in [-0.25, -0.2) is 4.79 Å². The summed E-state index contributed by atoms with van der Waals surface area (Å²) in [7, 11) is 1.50. The van der Waals surface area contributed by atoms with E-state index in [2.05, 4.69) is 20.8 Å². The highest BCUT2D eigenvalue weighted by Crippen LogP contribution is 2.40. The van der Waals surface area contributed by atoms with Gasteiger partial charge in [0.2, 0.25) is 0 Å². The van der Waals surface area contributed by atoms with Crippen LogP contribution in [0.4, 0.5) is 0 Å². The van der Waals surface area contributed by atoms with Gasteiger partial charge in [-0.15, -0.1) is 0 Å². The number of esters is 1. The molecule has 2 unspecified atom stereocenters. The van der Waals surface area contributed by atoms with Crippen molar-refractivity contribution < 1.29 is 33.4 Å². The van der Waals surface area contributed by atoms with Crippen molar-refractivity contribution in [2.75, 3.05) is 7.11 Å². The number of ether oxygens (including phenoxy) is 2. The minimum absolute atomic E-state index is 0.0179. The van der Waals surface area contributed by atoms with E-state index in [4.69, 9.17) is 13.9 Å². The van der Waals surface area contributed by atoms with Crippen LogP contribution in [-0.4, -0.2) is 35.9 Å². The van der Waals surface area contributed by atoms with Gasteiger partial charge < -0.3 is 19.0 Å². The summed E-state index contributed by atoms with van der Waals surface area (Å²) in [6.45, 7) is 6.62. The number of phenols is 1. The number of ketones is 2. The molecule has 1 saturated carbocycles. The van der Waals surface area contributed by atoms with Crippen molar-refractivity contribution >= 4 is 28.5 Å². The molecule has 1 aliphatic rings. The van der Waals surface area contributed by atoms with E-state index in [1.807, 2.05) is 6.07 Å². The number of aromatic hydroxyl groups is 1. The molecule has 7 nitrogen and oxygen atoms in total. The number of rotatable bonds is 7. The molecule has 3 aromatic carbocycles. The third kappa shape index (κ3) is 7.42. The average Bonchev–Trinajstić information content (AvgIpc) is 3.41. The molecule has 0 radical (unpaired) electrons. The molecule has 1 aliphatic carbocycles. The Morgan fingerprint density at radius 2 is 1.61 bits per heavy atom. The lowest BCUT2D eigenvalue weighted by Crippen LogP contribution is -2.34. The van der Waals surface area contributed by atoms with Crippen LogP contribution in [0.25, 0.3) is 11.0 Å². The Labute approximate surface area is 240 Å². The summed E-state index contributed by atoms with van der Waals surface area (Å²) in [5.74, 6) is 0.0837.